The third kappa shape index (κ3) is 2.99. The Morgan fingerprint density at radius 2 is 1.52 bits per heavy atom. The lowest BCUT2D eigenvalue weighted by Crippen LogP contribution is -2.40. The van der Waals surface area contributed by atoms with E-state index in [0.29, 0.717) is 18.0 Å². The van der Waals surface area contributed by atoms with Crippen molar-refractivity contribution in [2.45, 2.75) is 71.6 Å². The van der Waals surface area contributed by atoms with E-state index in [-0.39, 0.29) is 0 Å². The van der Waals surface area contributed by atoms with Crippen LogP contribution in [0.4, 0.5) is 0 Å². The SMILES string of the molecule is CC(C)N1CCC(c2nnc3n2CCN(C(C)C)C3)CC1. The Hall–Kier alpha value is -0.940. The van der Waals surface area contributed by atoms with Gasteiger partial charge in [0.15, 0.2) is 0 Å². The Balaban J connectivity index is 1.69. The summed E-state index contributed by atoms with van der Waals surface area (Å²) in [4.78, 5) is 5.06. The first-order valence-electron chi connectivity index (χ1n) is 8.46. The quantitative estimate of drug-likeness (QED) is 0.854. The first-order chi connectivity index (χ1) is 10.1. The number of hydrogen-bond acceptors (Lipinski definition) is 4. The number of rotatable bonds is 3. The van der Waals surface area contributed by atoms with Crippen LogP contribution in [0.15, 0.2) is 0 Å². The van der Waals surface area contributed by atoms with E-state index in [2.05, 4.69) is 52.3 Å². The van der Waals surface area contributed by atoms with Crippen LogP contribution >= 0.6 is 0 Å². The molecule has 0 radical (unpaired) electrons. The number of fused-ring (bicyclic) bond motifs is 1. The standard InChI is InChI=1S/C16H29N5/c1-12(2)19-7-5-14(6-8-19)16-18-17-15-11-20(13(3)4)9-10-21(15)16/h12-14H,5-11H2,1-4H3. The zero-order valence-corrected chi connectivity index (χ0v) is 13.9. The lowest BCUT2D eigenvalue weighted by molar-refractivity contribution is 0.158. The molecule has 0 aliphatic carbocycles. The second kappa shape index (κ2) is 6.05. The summed E-state index contributed by atoms with van der Waals surface area (Å²) in [6, 6.07) is 1.26. The van der Waals surface area contributed by atoms with Crippen molar-refractivity contribution >= 4 is 0 Å². The highest BCUT2D eigenvalue weighted by Crippen LogP contribution is 2.29. The summed E-state index contributed by atoms with van der Waals surface area (Å²) in [6.07, 6.45) is 2.45. The van der Waals surface area contributed by atoms with Gasteiger partial charge in [0.1, 0.15) is 11.6 Å². The summed E-state index contributed by atoms with van der Waals surface area (Å²) in [5.41, 5.74) is 0. The Morgan fingerprint density at radius 1 is 0.857 bits per heavy atom. The highest BCUT2D eigenvalue weighted by atomic mass is 15.3. The van der Waals surface area contributed by atoms with Crippen molar-refractivity contribution in [2.24, 2.45) is 0 Å². The molecule has 1 fully saturated rings. The Kier molecular flexibility index (Phi) is 4.31. The van der Waals surface area contributed by atoms with Crippen LogP contribution in [0.3, 0.4) is 0 Å². The van der Waals surface area contributed by atoms with E-state index in [4.69, 9.17) is 0 Å². The number of aromatic nitrogens is 3. The average molecular weight is 291 g/mol. The molecular formula is C16H29N5. The molecule has 0 saturated carbocycles. The van der Waals surface area contributed by atoms with E-state index in [9.17, 15) is 0 Å². The molecule has 5 heteroatoms. The van der Waals surface area contributed by atoms with E-state index in [1.807, 2.05) is 0 Å². The zero-order valence-electron chi connectivity index (χ0n) is 13.9. The molecule has 0 spiro atoms. The molecule has 1 saturated heterocycles. The molecule has 2 aliphatic heterocycles. The van der Waals surface area contributed by atoms with Gasteiger partial charge in [0, 0.05) is 31.1 Å². The maximum Gasteiger partial charge on any atom is 0.147 e. The number of nitrogens with zero attached hydrogens (tertiary/aromatic N) is 5. The van der Waals surface area contributed by atoms with Crippen LogP contribution in [0.5, 0.6) is 0 Å². The number of likely N-dealkylation sites (tertiary alicyclic amines) is 1. The van der Waals surface area contributed by atoms with Crippen LogP contribution in [-0.2, 0) is 13.1 Å². The summed E-state index contributed by atoms with van der Waals surface area (Å²) in [5, 5.41) is 9.03. The molecule has 3 heterocycles. The fourth-order valence-electron chi connectivity index (χ4n) is 3.62. The molecule has 0 atom stereocenters. The molecule has 5 nitrogen and oxygen atoms in total. The fraction of sp³-hybridized carbons (Fsp3) is 0.875. The van der Waals surface area contributed by atoms with Crippen LogP contribution in [0.1, 0.15) is 58.1 Å². The second-order valence-electron chi connectivity index (χ2n) is 7.09. The topological polar surface area (TPSA) is 37.2 Å². The van der Waals surface area contributed by atoms with Gasteiger partial charge in [0.25, 0.3) is 0 Å². The molecule has 21 heavy (non-hydrogen) atoms. The molecule has 118 valence electrons. The highest BCUT2D eigenvalue weighted by Gasteiger charge is 2.29. The van der Waals surface area contributed by atoms with Crippen molar-refractivity contribution in [1.82, 2.24) is 24.6 Å². The van der Waals surface area contributed by atoms with Crippen molar-refractivity contribution in [2.75, 3.05) is 19.6 Å². The van der Waals surface area contributed by atoms with Gasteiger partial charge in [-0.2, -0.15) is 0 Å². The predicted octanol–water partition coefficient (Wildman–Crippen LogP) is 2.09. The third-order valence-corrected chi connectivity index (χ3v) is 5.17. The monoisotopic (exact) mass is 291 g/mol. The molecular weight excluding hydrogens is 262 g/mol. The maximum absolute atomic E-state index is 4.55. The van der Waals surface area contributed by atoms with Crippen LogP contribution in [0, 0.1) is 0 Å². The van der Waals surface area contributed by atoms with Gasteiger partial charge in [-0.05, 0) is 53.6 Å². The first-order valence-corrected chi connectivity index (χ1v) is 8.46. The highest BCUT2D eigenvalue weighted by molar-refractivity contribution is 5.06. The van der Waals surface area contributed by atoms with Gasteiger partial charge in [-0.1, -0.05) is 0 Å². The summed E-state index contributed by atoms with van der Waals surface area (Å²) in [6.45, 7) is 14.6. The summed E-state index contributed by atoms with van der Waals surface area (Å²) < 4.78 is 2.40. The minimum absolute atomic E-state index is 0.591. The van der Waals surface area contributed by atoms with E-state index in [0.717, 1.165) is 25.5 Å². The largest absolute Gasteiger partial charge is 0.312 e. The van der Waals surface area contributed by atoms with Gasteiger partial charge in [0.2, 0.25) is 0 Å². The van der Waals surface area contributed by atoms with Crippen LogP contribution < -0.4 is 0 Å². The van der Waals surface area contributed by atoms with Crippen molar-refractivity contribution in [1.29, 1.82) is 0 Å². The molecule has 0 unspecified atom stereocenters. The van der Waals surface area contributed by atoms with E-state index in [1.165, 1.54) is 31.8 Å². The Morgan fingerprint density at radius 3 is 2.14 bits per heavy atom. The minimum atomic E-state index is 0.591. The molecule has 3 rings (SSSR count). The molecule has 0 amide bonds. The minimum Gasteiger partial charge on any atom is -0.312 e. The average Bonchev–Trinajstić information content (AvgIpc) is 2.90. The van der Waals surface area contributed by atoms with Gasteiger partial charge in [0.05, 0.1) is 6.54 Å². The van der Waals surface area contributed by atoms with Gasteiger partial charge in [-0.15, -0.1) is 10.2 Å². The van der Waals surface area contributed by atoms with Gasteiger partial charge >= 0.3 is 0 Å². The summed E-state index contributed by atoms with van der Waals surface area (Å²) >= 11 is 0. The Bertz CT molecular complexity index is 471. The number of piperidine rings is 1. The van der Waals surface area contributed by atoms with Crippen LogP contribution in [0.2, 0.25) is 0 Å². The Labute approximate surface area is 128 Å². The van der Waals surface area contributed by atoms with E-state index >= 15 is 0 Å². The van der Waals surface area contributed by atoms with Crippen LogP contribution in [-0.4, -0.2) is 56.3 Å². The normalized spacial score (nSPS) is 22.2. The second-order valence-corrected chi connectivity index (χ2v) is 7.09. The summed E-state index contributed by atoms with van der Waals surface area (Å²) in [5.74, 6) is 3.01. The lowest BCUT2D eigenvalue weighted by atomic mass is 9.95. The van der Waals surface area contributed by atoms with Crippen molar-refractivity contribution < 1.29 is 0 Å². The molecule has 1 aromatic rings. The molecule has 0 N–H and O–H groups in total. The first kappa shape index (κ1) is 15.0. The molecule has 1 aromatic heterocycles. The van der Waals surface area contributed by atoms with Gasteiger partial charge < -0.3 is 9.47 Å². The van der Waals surface area contributed by atoms with Crippen molar-refractivity contribution in [3.05, 3.63) is 11.6 Å². The maximum atomic E-state index is 4.55. The van der Waals surface area contributed by atoms with E-state index in [1.54, 1.807) is 0 Å². The summed E-state index contributed by atoms with van der Waals surface area (Å²) in [7, 11) is 0. The lowest BCUT2D eigenvalue weighted by Gasteiger charge is -2.35. The van der Waals surface area contributed by atoms with Crippen molar-refractivity contribution in [3.63, 3.8) is 0 Å². The van der Waals surface area contributed by atoms with E-state index < -0.39 is 0 Å². The number of hydrogen-bond donors (Lipinski definition) is 0. The van der Waals surface area contributed by atoms with Gasteiger partial charge in [-0.25, -0.2) is 0 Å². The van der Waals surface area contributed by atoms with Crippen molar-refractivity contribution in [3.8, 4) is 0 Å². The fourth-order valence-corrected chi connectivity index (χ4v) is 3.62. The van der Waals surface area contributed by atoms with Gasteiger partial charge in [-0.3, -0.25) is 4.90 Å². The predicted molar refractivity (Wildman–Crippen MR) is 84.3 cm³/mol. The zero-order chi connectivity index (χ0) is 15.0. The third-order valence-electron chi connectivity index (χ3n) is 5.17. The molecule has 0 bridgehead atoms. The smallest absolute Gasteiger partial charge is 0.147 e. The molecule has 0 aromatic carbocycles. The van der Waals surface area contributed by atoms with Crippen LogP contribution in [0.25, 0.3) is 0 Å². The molecule has 2 aliphatic rings.